The Morgan fingerprint density at radius 1 is 0.931 bits per heavy atom. The Kier molecular flexibility index (Phi) is 5.97. The van der Waals surface area contributed by atoms with Gasteiger partial charge in [0.05, 0.1) is 25.5 Å². The van der Waals surface area contributed by atoms with Crippen LogP contribution < -0.4 is 20.1 Å². The molecule has 7 nitrogen and oxygen atoms in total. The second kappa shape index (κ2) is 8.60. The van der Waals surface area contributed by atoms with Gasteiger partial charge in [-0.1, -0.05) is 17.7 Å². The molecule has 1 amide bonds. The van der Waals surface area contributed by atoms with Crippen molar-refractivity contribution in [3.8, 4) is 11.5 Å². The molecule has 3 aromatic rings. The highest BCUT2D eigenvalue weighted by atomic mass is 16.5. The summed E-state index contributed by atoms with van der Waals surface area (Å²) in [6, 6.07) is 9.45. The van der Waals surface area contributed by atoms with Gasteiger partial charge in [0.1, 0.15) is 11.5 Å². The molecule has 0 atom stereocenters. The molecule has 1 heterocycles. The summed E-state index contributed by atoms with van der Waals surface area (Å²) in [6.07, 6.45) is 2.97. The Hall–Kier alpha value is -3.61. The number of hydrogen-bond donors (Lipinski definition) is 2. The Labute approximate surface area is 170 Å². The molecule has 0 saturated carbocycles. The number of carbonyl (C=O) groups is 1. The van der Waals surface area contributed by atoms with E-state index in [1.165, 1.54) is 12.4 Å². The molecular weight excluding hydrogens is 368 g/mol. The van der Waals surface area contributed by atoms with Crippen molar-refractivity contribution in [1.29, 1.82) is 0 Å². The Bertz CT molecular complexity index is 1010. The van der Waals surface area contributed by atoms with E-state index in [1.54, 1.807) is 26.4 Å². The lowest BCUT2D eigenvalue weighted by atomic mass is 10.0. The minimum absolute atomic E-state index is 0.256. The van der Waals surface area contributed by atoms with E-state index in [4.69, 9.17) is 9.47 Å². The smallest absolute Gasteiger partial charge is 0.258 e. The van der Waals surface area contributed by atoms with Crippen LogP contribution in [-0.2, 0) is 0 Å². The molecule has 0 aliphatic heterocycles. The summed E-state index contributed by atoms with van der Waals surface area (Å²) < 4.78 is 10.5. The summed E-state index contributed by atoms with van der Waals surface area (Å²) in [7, 11) is 3.16. The third-order valence-electron chi connectivity index (χ3n) is 4.48. The molecule has 1 aromatic heterocycles. The van der Waals surface area contributed by atoms with Gasteiger partial charge in [-0.15, -0.1) is 0 Å². The molecule has 0 unspecified atom stereocenters. The van der Waals surface area contributed by atoms with Crippen LogP contribution in [0.25, 0.3) is 0 Å². The van der Waals surface area contributed by atoms with Crippen LogP contribution in [0.3, 0.4) is 0 Å². The molecule has 0 radical (unpaired) electrons. The number of benzene rings is 2. The van der Waals surface area contributed by atoms with Crippen molar-refractivity contribution < 1.29 is 14.3 Å². The summed E-state index contributed by atoms with van der Waals surface area (Å²) in [4.78, 5) is 21.1. The van der Waals surface area contributed by atoms with Gasteiger partial charge in [0.25, 0.3) is 5.91 Å². The van der Waals surface area contributed by atoms with Crippen LogP contribution in [0.1, 0.15) is 27.0 Å². The van der Waals surface area contributed by atoms with E-state index in [9.17, 15) is 4.79 Å². The van der Waals surface area contributed by atoms with Gasteiger partial charge in [-0.25, -0.2) is 9.97 Å². The molecule has 7 heteroatoms. The van der Waals surface area contributed by atoms with Crippen LogP contribution in [-0.4, -0.2) is 30.1 Å². The zero-order valence-electron chi connectivity index (χ0n) is 17.2. The maximum atomic E-state index is 12.6. The van der Waals surface area contributed by atoms with Gasteiger partial charge in [-0.2, -0.15) is 0 Å². The van der Waals surface area contributed by atoms with E-state index in [1.807, 2.05) is 39.0 Å². The summed E-state index contributed by atoms with van der Waals surface area (Å²) in [5.74, 6) is 1.38. The van der Waals surface area contributed by atoms with Crippen LogP contribution in [0, 0.1) is 20.8 Å². The number of nitrogens with zero attached hydrogens (tertiary/aromatic N) is 2. The zero-order valence-corrected chi connectivity index (χ0v) is 17.2. The van der Waals surface area contributed by atoms with E-state index in [-0.39, 0.29) is 5.91 Å². The van der Waals surface area contributed by atoms with Crippen molar-refractivity contribution in [2.45, 2.75) is 20.8 Å². The number of anilines is 3. The van der Waals surface area contributed by atoms with Crippen molar-refractivity contribution in [3.05, 3.63) is 65.0 Å². The fourth-order valence-electron chi connectivity index (χ4n) is 3.09. The number of rotatable bonds is 6. The first kappa shape index (κ1) is 20.1. The lowest BCUT2D eigenvalue weighted by molar-refractivity contribution is 0.102. The molecule has 0 saturated heterocycles. The lowest BCUT2D eigenvalue weighted by Crippen LogP contribution is -2.15. The molecule has 2 N–H and O–H groups in total. The van der Waals surface area contributed by atoms with Crippen LogP contribution >= 0.6 is 0 Å². The van der Waals surface area contributed by atoms with Crippen LogP contribution in [0.4, 0.5) is 17.3 Å². The average molecular weight is 392 g/mol. The number of hydrogen-bond acceptors (Lipinski definition) is 6. The van der Waals surface area contributed by atoms with Crippen molar-refractivity contribution >= 4 is 23.2 Å². The van der Waals surface area contributed by atoms with E-state index in [0.29, 0.717) is 28.7 Å². The molecule has 0 aliphatic carbocycles. The van der Waals surface area contributed by atoms with Gasteiger partial charge >= 0.3 is 0 Å². The Morgan fingerprint density at radius 2 is 1.59 bits per heavy atom. The zero-order chi connectivity index (χ0) is 21.0. The standard InChI is InChI=1S/C22H24N4O3/c1-13-8-14(2)20(15(3)9-13)26-21(27)16-11-23-22(24-12-16)25-18-7-6-17(28-4)10-19(18)29-5/h6-12H,1-5H3,(H,26,27)(H,23,24,25). The molecule has 0 aliphatic rings. The van der Waals surface area contributed by atoms with E-state index < -0.39 is 0 Å². The number of ether oxygens (including phenoxy) is 2. The quantitative estimate of drug-likeness (QED) is 0.646. The largest absolute Gasteiger partial charge is 0.497 e. The first-order valence-corrected chi connectivity index (χ1v) is 9.11. The molecule has 0 bridgehead atoms. The lowest BCUT2D eigenvalue weighted by Gasteiger charge is -2.13. The SMILES string of the molecule is COc1ccc(Nc2ncc(C(=O)Nc3c(C)cc(C)cc3C)cn2)c(OC)c1. The maximum absolute atomic E-state index is 12.6. The topological polar surface area (TPSA) is 85.4 Å². The summed E-state index contributed by atoms with van der Waals surface area (Å²) in [6.45, 7) is 5.98. The van der Waals surface area contributed by atoms with E-state index >= 15 is 0 Å². The molecule has 2 aromatic carbocycles. The second-order valence-corrected chi connectivity index (χ2v) is 6.71. The highest BCUT2D eigenvalue weighted by molar-refractivity contribution is 6.04. The van der Waals surface area contributed by atoms with Crippen LogP contribution in [0.15, 0.2) is 42.7 Å². The number of nitrogens with one attached hydrogen (secondary N) is 2. The summed E-state index contributed by atoms with van der Waals surface area (Å²) in [5.41, 5.74) is 5.06. The van der Waals surface area contributed by atoms with Gasteiger partial charge in [0.15, 0.2) is 0 Å². The van der Waals surface area contributed by atoms with E-state index in [2.05, 4.69) is 20.6 Å². The highest BCUT2D eigenvalue weighted by Crippen LogP contribution is 2.30. The Balaban J connectivity index is 1.74. The van der Waals surface area contributed by atoms with Gasteiger partial charge in [0.2, 0.25) is 5.95 Å². The highest BCUT2D eigenvalue weighted by Gasteiger charge is 2.12. The fraction of sp³-hybridized carbons (Fsp3) is 0.227. The first-order valence-electron chi connectivity index (χ1n) is 9.11. The molecule has 0 fully saturated rings. The van der Waals surface area contributed by atoms with Gasteiger partial charge < -0.3 is 20.1 Å². The summed E-state index contributed by atoms with van der Waals surface area (Å²) in [5, 5.41) is 6.03. The van der Waals surface area contributed by atoms with Crippen molar-refractivity contribution in [2.75, 3.05) is 24.9 Å². The molecular formula is C22H24N4O3. The predicted molar refractivity (Wildman–Crippen MR) is 113 cm³/mol. The predicted octanol–water partition coefficient (Wildman–Crippen LogP) is 4.41. The minimum Gasteiger partial charge on any atom is -0.497 e. The monoisotopic (exact) mass is 392 g/mol. The third-order valence-corrected chi connectivity index (χ3v) is 4.48. The fourth-order valence-corrected chi connectivity index (χ4v) is 3.09. The number of aromatic nitrogens is 2. The third kappa shape index (κ3) is 4.63. The van der Waals surface area contributed by atoms with Crippen molar-refractivity contribution in [3.63, 3.8) is 0 Å². The Morgan fingerprint density at radius 3 is 2.17 bits per heavy atom. The van der Waals surface area contributed by atoms with Gasteiger partial charge in [-0.3, -0.25) is 4.79 Å². The normalized spacial score (nSPS) is 10.4. The van der Waals surface area contributed by atoms with E-state index in [0.717, 1.165) is 22.4 Å². The van der Waals surface area contributed by atoms with Crippen LogP contribution in [0.2, 0.25) is 0 Å². The first-order chi connectivity index (χ1) is 13.9. The second-order valence-electron chi connectivity index (χ2n) is 6.71. The minimum atomic E-state index is -0.256. The molecule has 29 heavy (non-hydrogen) atoms. The summed E-state index contributed by atoms with van der Waals surface area (Å²) >= 11 is 0. The number of amides is 1. The average Bonchev–Trinajstić information content (AvgIpc) is 2.71. The number of carbonyl (C=O) groups excluding carboxylic acids is 1. The maximum Gasteiger partial charge on any atom is 0.258 e. The van der Waals surface area contributed by atoms with Gasteiger partial charge in [0, 0.05) is 24.1 Å². The van der Waals surface area contributed by atoms with Crippen molar-refractivity contribution in [2.24, 2.45) is 0 Å². The van der Waals surface area contributed by atoms with Crippen LogP contribution in [0.5, 0.6) is 11.5 Å². The molecule has 3 rings (SSSR count). The molecule has 0 spiro atoms. The number of aryl methyl sites for hydroxylation is 3. The van der Waals surface area contributed by atoms with Gasteiger partial charge in [-0.05, 0) is 44.0 Å². The van der Waals surface area contributed by atoms with Crippen molar-refractivity contribution in [1.82, 2.24) is 9.97 Å². The number of methoxy groups -OCH3 is 2. The molecule has 150 valence electrons.